The smallest absolute Gasteiger partial charge is 0.266 e. The van der Waals surface area contributed by atoms with Gasteiger partial charge in [-0.2, -0.15) is 0 Å². The van der Waals surface area contributed by atoms with Crippen molar-refractivity contribution >= 4 is 56.2 Å². The molecule has 1 fully saturated rings. The number of rotatable bonds is 3. The molecule has 0 saturated carbocycles. The second kappa shape index (κ2) is 5.98. The summed E-state index contributed by atoms with van der Waals surface area (Å²) in [6, 6.07) is 4.58. The van der Waals surface area contributed by atoms with Gasteiger partial charge in [-0.1, -0.05) is 36.1 Å². The van der Waals surface area contributed by atoms with Crippen LogP contribution >= 0.6 is 39.9 Å². The van der Waals surface area contributed by atoms with Crippen LogP contribution in [-0.4, -0.2) is 21.7 Å². The maximum absolute atomic E-state index is 13.1. The molecule has 0 aliphatic carbocycles. The highest BCUT2D eigenvalue weighted by Crippen LogP contribution is 2.32. The first-order chi connectivity index (χ1) is 9.02. The predicted molar refractivity (Wildman–Crippen MR) is 84.2 cm³/mol. The van der Waals surface area contributed by atoms with E-state index in [2.05, 4.69) is 22.5 Å². The number of amides is 1. The number of halogens is 2. The summed E-state index contributed by atoms with van der Waals surface area (Å²) in [6.45, 7) is 3.99. The lowest BCUT2D eigenvalue weighted by Crippen LogP contribution is -2.27. The Morgan fingerprint density at radius 2 is 2.26 bits per heavy atom. The number of carbonyl (C=O) groups is 1. The van der Waals surface area contributed by atoms with Crippen LogP contribution in [0.2, 0.25) is 0 Å². The van der Waals surface area contributed by atoms with E-state index in [1.54, 1.807) is 24.3 Å². The fourth-order valence-corrected chi connectivity index (χ4v) is 3.21. The molecule has 0 atom stereocenters. The van der Waals surface area contributed by atoms with E-state index >= 15 is 0 Å². The first-order valence-electron chi connectivity index (χ1n) is 5.34. The molecule has 0 spiro atoms. The molecule has 1 amide bonds. The van der Waals surface area contributed by atoms with Gasteiger partial charge in [0.25, 0.3) is 5.91 Å². The van der Waals surface area contributed by atoms with Gasteiger partial charge in [-0.05, 0) is 39.7 Å². The first-order valence-corrected chi connectivity index (χ1v) is 7.36. The number of nitrogens with zero attached hydrogens (tertiary/aromatic N) is 1. The highest BCUT2D eigenvalue weighted by atomic mass is 79.9. The SMILES string of the molecule is C=CCN1C(=O)/C(=C\c2ccc(F)c(Br)c2)SC1=S. The lowest BCUT2D eigenvalue weighted by Gasteiger charge is -2.10. The third kappa shape index (κ3) is 3.13. The fourth-order valence-electron chi connectivity index (χ4n) is 1.54. The molecule has 6 heteroatoms. The van der Waals surface area contributed by atoms with Gasteiger partial charge in [-0.25, -0.2) is 4.39 Å². The summed E-state index contributed by atoms with van der Waals surface area (Å²) < 4.78 is 14.0. The Kier molecular flexibility index (Phi) is 4.54. The van der Waals surface area contributed by atoms with E-state index < -0.39 is 0 Å². The number of hydrogen-bond acceptors (Lipinski definition) is 3. The van der Waals surface area contributed by atoms with Crippen LogP contribution in [0.25, 0.3) is 6.08 Å². The Morgan fingerprint density at radius 1 is 1.53 bits per heavy atom. The molecule has 1 saturated heterocycles. The summed E-state index contributed by atoms with van der Waals surface area (Å²) in [6.07, 6.45) is 3.33. The minimum absolute atomic E-state index is 0.143. The molecule has 2 rings (SSSR count). The van der Waals surface area contributed by atoms with Gasteiger partial charge in [-0.3, -0.25) is 9.69 Å². The van der Waals surface area contributed by atoms with Gasteiger partial charge in [0.15, 0.2) is 0 Å². The predicted octanol–water partition coefficient (Wildman–Crippen LogP) is 3.98. The lowest BCUT2D eigenvalue weighted by atomic mass is 10.2. The Morgan fingerprint density at radius 3 is 2.89 bits per heavy atom. The van der Waals surface area contributed by atoms with E-state index in [-0.39, 0.29) is 11.7 Å². The third-order valence-corrected chi connectivity index (χ3v) is 4.41. The van der Waals surface area contributed by atoms with Gasteiger partial charge in [-0.15, -0.1) is 6.58 Å². The topological polar surface area (TPSA) is 20.3 Å². The molecule has 19 heavy (non-hydrogen) atoms. The molecule has 2 nitrogen and oxygen atoms in total. The molecule has 0 radical (unpaired) electrons. The van der Waals surface area contributed by atoms with Crippen LogP contribution in [0.4, 0.5) is 4.39 Å². The second-order valence-corrected chi connectivity index (χ2v) is 6.28. The van der Waals surface area contributed by atoms with Crippen molar-refractivity contribution in [2.75, 3.05) is 6.54 Å². The van der Waals surface area contributed by atoms with Crippen molar-refractivity contribution in [1.29, 1.82) is 0 Å². The van der Waals surface area contributed by atoms with Crippen molar-refractivity contribution in [3.8, 4) is 0 Å². The van der Waals surface area contributed by atoms with Gasteiger partial charge in [0.1, 0.15) is 10.1 Å². The summed E-state index contributed by atoms with van der Waals surface area (Å²) in [5.41, 5.74) is 0.743. The van der Waals surface area contributed by atoms with Gasteiger partial charge in [0.2, 0.25) is 0 Å². The van der Waals surface area contributed by atoms with Crippen LogP contribution in [0, 0.1) is 5.82 Å². The largest absolute Gasteiger partial charge is 0.289 e. The molecule has 0 bridgehead atoms. The minimum atomic E-state index is -0.337. The first kappa shape index (κ1) is 14.4. The molecule has 1 heterocycles. The average molecular weight is 358 g/mol. The van der Waals surface area contributed by atoms with Crippen LogP contribution in [0.1, 0.15) is 5.56 Å². The van der Waals surface area contributed by atoms with E-state index in [0.717, 1.165) is 5.56 Å². The quantitative estimate of drug-likeness (QED) is 0.463. The van der Waals surface area contributed by atoms with Crippen LogP contribution in [-0.2, 0) is 4.79 Å². The number of carbonyl (C=O) groups excluding carboxylic acids is 1. The molecule has 1 aromatic rings. The molecule has 1 aliphatic rings. The Hall–Kier alpha value is -0.980. The van der Waals surface area contributed by atoms with Gasteiger partial charge in [0.05, 0.1) is 9.38 Å². The summed E-state index contributed by atoms with van der Waals surface area (Å²) >= 11 is 9.49. The van der Waals surface area contributed by atoms with Crippen molar-refractivity contribution in [2.45, 2.75) is 0 Å². The Bertz CT molecular complexity index is 600. The lowest BCUT2D eigenvalue weighted by molar-refractivity contribution is -0.121. The molecule has 98 valence electrons. The summed E-state index contributed by atoms with van der Waals surface area (Å²) in [5.74, 6) is -0.480. The van der Waals surface area contributed by atoms with Crippen LogP contribution in [0.3, 0.4) is 0 Å². The molecule has 0 unspecified atom stereocenters. The minimum Gasteiger partial charge on any atom is -0.289 e. The Balaban J connectivity index is 2.29. The molecule has 1 aliphatic heterocycles. The van der Waals surface area contributed by atoms with Gasteiger partial charge < -0.3 is 0 Å². The van der Waals surface area contributed by atoms with Gasteiger partial charge in [0, 0.05) is 6.54 Å². The summed E-state index contributed by atoms with van der Waals surface area (Å²) in [7, 11) is 0. The standard InChI is InChI=1S/C13H9BrFNOS2/c1-2-5-16-12(17)11(19-13(16)18)7-8-3-4-10(15)9(14)6-8/h2-4,6-7H,1,5H2/b11-7+. The maximum atomic E-state index is 13.1. The zero-order valence-electron chi connectivity index (χ0n) is 9.73. The fraction of sp³-hybridized carbons (Fsp3) is 0.0769. The van der Waals surface area contributed by atoms with E-state index in [1.165, 1.54) is 22.7 Å². The molecule has 0 N–H and O–H groups in total. The highest BCUT2D eigenvalue weighted by molar-refractivity contribution is 9.10. The van der Waals surface area contributed by atoms with Crippen molar-refractivity contribution in [3.05, 3.63) is 51.6 Å². The second-order valence-electron chi connectivity index (χ2n) is 3.75. The highest BCUT2D eigenvalue weighted by Gasteiger charge is 2.30. The zero-order valence-corrected chi connectivity index (χ0v) is 12.9. The molecular weight excluding hydrogens is 349 g/mol. The molecule has 0 aromatic heterocycles. The Labute approximate surface area is 128 Å². The van der Waals surface area contributed by atoms with Crippen molar-refractivity contribution < 1.29 is 9.18 Å². The van der Waals surface area contributed by atoms with E-state index in [1.807, 2.05) is 0 Å². The number of benzene rings is 1. The maximum Gasteiger partial charge on any atom is 0.266 e. The normalized spacial score (nSPS) is 17.4. The average Bonchev–Trinajstić information content (AvgIpc) is 2.62. The third-order valence-electron chi connectivity index (χ3n) is 2.43. The van der Waals surface area contributed by atoms with Crippen LogP contribution in [0.15, 0.2) is 40.2 Å². The number of thioether (sulfide) groups is 1. The van der Waals surface area contributed by atoms with E-state index in [9.17, 15) is 9.18 Å². The number of hydrogen-bond donors (Lipinski definition) is 0. The zero-order chi connectivity index (χ0) is 14.0. The van der Waals surface area contributed by atoms with E-state index in [4.69, 9.17) is 12.2 Å². The molecule has 1 aromatic carbocycles. The van der Waals surface area contributed by atoms with Gasteiger partial charge >= 0.3 is 0 Å². The molecular formula is C13H9BrFNOS2. The van der Waals surface area contributed by atoms with Crippen molar-refractivity contribution in [1.82, 2.24) is 4.90 Å². The number of thiocarbonyl (C=S) groups is 1. The van der Waals surface area contributed by atoms with E-state index in [0.29, 0.717) is 20.2 Å². The summed E-state index contributed by atoms with van der Waals surface area (Å²) in [4.78, 5) is 14.1. The van der Waals surface area contributed by atoms with Crippen LogP contribution < -0.4 is 0 Å². The summed E-state index contributed by atoms with van der Waals surface area (Å²) in [5, 5.41) is 0. The monoisotopic (exact) mass is 357 g/mol. The van der Waals surface area contributed by atoms with Crippen molar-refractivity contribution in [3.63, 3.8) is 0 Å². The van der Waals surface area contributed by atoms with Crippen molar-refractivity contribution in [2.24, 2.45) is 0 Å². The van der Waals surface area contributed by atoms with Crippen LogP contribution in [0.5, 0.6) is 0 Å².